The minimum absolute atomic E-state index is 0.550. The van der Waals surface area contributed by atoms with Crippen molar-refractivity contribution < 1.29 is 4.79 Å². The number of carbonyl (C=O) groups is 1. The van der Waals surface area contributed by atoms with Crippen LogP contribution in [0.1, 0.15) is 10.4 Å². The zero-order valence-electron chi connectivity index (χ0n) is 5.50. The normalized spacial score (nSPS) is 9.27. The Labute approximate surface area is 74.5 Å². The lowest BCUT2D eigenvalue weighted by Gasteiger charge is -2.04. The van der Waals surface area contributed by atoms with E-state index in [1.165, 1.54) is 0 Å². The van der Waals surface area contributed by atoms with Crippen LogP contribution in [0.15, 0.2) is 24.3 Å². The molecule has 0 spiro atoms. The van der Waals surface area contributed by atoms with Gasteiger partial charge in [-0.15, -0.1) is 0 Å². The van der Waals surface area contributed by atoms with Crippen molar-refractivity contribution in [2.24, 2.45) is 0 Å². The van der Waals surface area contributed by atoms with E-state index < -0.39 is 0 Å². The van der Waals surface area contributed by atoms with Crippen LogP contribution in [0.25, 0.3) is 0 Å². The van der Waals surface area contributed by atoms with Gasteiger partial charge in [0.1, 0.15) is 6.29 Å². The van der Waals surface area contributed by atoms with Gasteiger partial charge in [-0.25, -0.2) is 0 Å². The van der Waals surface area contributed by atoms with E-state index in [2.05, 4.69) is 0 Å². The topological polar surface area (TPSA) is 20.3 Å². The zero-order valence-corrected chi connectivity index (χ0v) is 7.01. The van der Waals surface area contributed by atoms with E-state index in [1.54, 1.807) is 24.3 Å². The maximum Gasteiger partial charge on any atom is 0.150 e. The first-order valence-corrected chi connectivity index (χ1v) is 3.58. The molecule has 11 heavy (non-hydrogen) atoms. The van der Waals surface area contributed by atoms with E-state index in [1.807, 2.05) is 0 Å². The van der Waals surface area contributed by atoms with E-state index >= 15 is 0 Å². The third kappa shape index (κ3) is 2.10. The minimum Gasteiger partial charge on any atom is -0.298 e. The highest BCUT2D eigenvalue weighted by atomic mass is 35.5. The van der Waals surface area contributed by atoms with Crippen LogP contribution in [0.5, 0.6) is 0 Å². The van der Waals surface area contributed by atoms with Gasteiger partial charge >= 0.3 is 0 Å². The highest BCUT2D eigenvalue weighted by Gasteiger charge is 1.98. The largest absolute Gasteiger partial charge is 0.298 e. The first-order valence-electron chi connectivity index (χ1n) is 2.91. The highest BCUT2D eigenvalue weighted by molar-refractivity contribution is 6.49. The lowest BCUT2D eigenvalue weighted by molar-refractivity contribution is 0.112. The SMILES string of the molecule is O=Cc1cccc(N(Cl)Cl)c1. The number of hydrogen-bond acceptors (Lipinski definition) is 2. The van der Waals surface area contributed by atoms with Crippen LogP contribution in [0.4, 0.5) is 5.69 Å². The van der Waals surface area contributed by atoms with Gasteiger partial charge in [0.25, 0.3) is 0 Å². The number of anilines is 1. The summed E-state index contributed by atoms with van der Waals surface area (Å²) in [5, 5.41) is 0. The first kappa shape index (κ1) is 8.37. The molecule has 0 saturated heterocycles. The quantitative estimate of drug-likeness (QED) is 0.527. The Hall–Kier alpha value is -0.730. The van der Waals surface area contributed by atoms with Crippen molar-refractivity contribution in [2.45, 2.75) is 0 Å². The highest BCUT2D eigenvalue weighted by Crippen LogP contribution is 2.18. The molecule has 0 aliphatic carbocycles. The minimum atomic E-state index is 0.550. The van der Waals surface area contributed by atoms with Gasteiger partial charge in [-0.1, -0.05) is 12.1 Å². The fourth-order valence-corrected chi connectivity index (χ4v) is 0.914. The molecule has 1 aromatic rings. The van der Waals surface area contributed by atoms with E-state index in [0.717, 1.165) is 10.2 Å². The number of benzene rings is 1. The lowest BCUT2D eigenvalue weighted by Crippen LogP contribution is -1.92. The maximum atomic E-state index is 10.3. The van der Waals surface area contributed by atoms with Crippen molar-refractivity contribution in [2.75, 3.05) is 3.94 Å². The van der Waals surface area contributed by atoms with Crippen molar-refractivity contribution in [1.29, 1.82) is 0 Å². The molecule has 2 nitrogen and oxygen atoms in total. The molecule has 0 aromatic heterocycles. The van der Waals surface area contributed by atoms with Crippen LogP contribution in [-0.2, 0) is 0 Å². The summed E-state index contributed by atoms with van der Waals surface area (Å²) in [4.78, 5) is 10.3. The molecular weight excluding hydrogens is 185 g/mol. The summed E-state index contributed by atoms with van der Waals surface area (Å²) in [5.74, 6) is 0. The molecule has 4 heteroatoms. The van der Waals surface area contributed by atoms with Gasteiger partial charge in [0, 0.05) is 29.1 Å². The van der Waals surface area contributed by atoms with Gasteiger partial charge in [-0.2, -0.15) is 3.94 Å². The second kappa shape index (κ2) is 3.60. The molecule has 0 unspecified atom stereocenters. The Bertz CT molecular complexity index is 262. The standard InChI is InChI=1S/C7H5Cl2NO/c8-10(9)7-3-1-2-6(4-7)5-11/h1-5H. The van der Waals surface area contributed by atoms with E-state index in [4.69, 9.17) is 23.6 Å². The number of hydrogen-bond donors (Lipinski definition) is 0. The number of halogens is 2. The third-order valence-electron chi connectivity index (χ3n) is 1.20. The first-order chi connectivity index (χ1) is 5.24. The molecule has 1 rings (SSSR count). The Balaban J connectivity index is 3.00. The monoisotopic (exact) mass is 189 g/mol. The molecule has 0 fully saturated rings. The summed E-state index contributed by atoms with van der Waals surface area (Å²) >= 11 is 10.8. The summed E-state index contributed by atoms with van der Waals surface area (Å²) in [7, 11) is 0. The van der Waals surface area contributed by atoms with Crippen molar-refractivity contribution in [3.05, 3.63) is 29.8 Å². The predicted molar refractivity (Wildman–Crippen MR) is 46.0 cm³/mol. The predicted octanol–water partition coefficient (Wildman–Crippen LogP) is 2.61. The third-order valence-corrected chi connectivity index (χ3v) is 1.59. The van der Waals surface area contributed by atoms with E-state index in [-0.39, 0.29) is 0 Å². The second-order valence-electron chi connectivity index (χ2n) is 1.95. The fraction of sp³-hybridized carbons (Fsp3) is 0. The average Bonchev–Trinajstić information content (AvgIpc) is 2.05. The molecule has 58 valence electrons. The Morgan fingerprint density at radius 3 is 2.64 bits per heavy atom. The van der Waals surface area contributed by atoms with Gasteiger partial charge in [-0.3, -0.25) is 4.79 Å². The number of carbonyl (C=O) groups excluding carboxylic acids is 1. The molecule has 0 saturated carbocycles. The molecule has 1 aromatic carbocycles. The van der Waals surface area contributed by atoms with Crippen LogP contribution in [0, 0.1) is 0 Å². The molecular formula is C7H5Cl2NO. The van der Waals surface area contributed by atoms with Gasteiger partial charge in [-0.05, 0) is 12.1 Å². The van der Waals surface area contributed by atoms with Crippen molar-refractivity contribution in [1.82, 2.24) is 0 Å². The summed E-state index contributed by atoms with van der Waals surface area (Å²) < 4.78 is 0.910. The average molecular weight is 190 g/mol. The Kier molecular flexibility index (Phi) is 2.74. The molecule has 0 radical (unpaired) electrons. The molecule has 0 amide bonds. The second-order valence-corrected chi connectivity index (χ2v) is 2.79. The lowest BCUT2D eigenvalue weighted by atomic mass is 10.2. The van der Waals surface area contributed by atoms with Gasteiger partial charge in [0.15, 0.2) is 0 Å². The zero-order chi connectivity index (χ0) is 8.27. The summed E-state index contributed by atoms with van der Waals surface area (Å²) in [6.45, 7) is 0. The maximum absolute atomic E-state index is 10.3. The molecule has 0 heterocycles. The molecule has 0 bridgehead atoms. The fourth-order valence-electron chi connectivity index (χ4n) is 0.703. The van der Waals surface area contributed by atoms with Crippen molar-refractivity contribution in [3.63, 3.8) is 0 Å². The summed E-state index contributed by atoms with van der Waals surface area (Å²) in [6.07, 6.45) is 0.737. The van der Waals surface area contributed by atoms with Crippen LogP contribution >= 0.6 is 23.6 Å². The molecule has 0 atom stereocenters. The molecule has 0 N–H and O–H groups in total. The Morgan fingerprint density at radius 2 is 2.09 bits per heavy atom. The van der Waals surface area contributed by atoms with Gasteiger partial charge < -0.3 is 0 Å². The van der Waals surface area contributed by atoms with Gasteiger partial charge in [0.05, 0.1) is 5.69 Å². The number of aldehydes is 1. The Morgan fingerprint density at radius 1 is 1.36 bits per heavy atom. The molecule has 0 aliphatic rings. The number of rotatable bonds is 2. The van der Waals surface area contributed by atoms with Crippen LogP contribution in [0.3, 0.4) is 0 Å². The van der Waals surface area contributed by atoms with Crippen LogP contribution in [-0.4, -0.2) is 6.29 Å². The smallest absolute Gasteiger partial charge is 0.150 e. The van der Waals surface area contributed by atoms with Crippen LogP contribution < -0.4 is 3.94 Å². The molecule has 0 aliphatic heterocycles. The van der Waals surface area contributed by atoms with Crippen molar-refractivity contribution >= 4 is 35.5 Å². The van der Waals surface area contributed by atoms with Crippen LogP contribution in [0.2, 0.25) is 0 Å². The number of nitrogens with zero attached hydrogens (tertiary/aromatic N) is 1. The van der Waals surface area contributed by atoms with E-state index in [9.17, 15) is 4.79 Å². The van der Waals surface area contributed by atoms with Gasteiger partial charge in [0.2, 0.25) is 0 Å². The van der Waals surface area contributed by atoms with E-state index in [0.29, 0.717) is 11.3 Å². The summed E-state index contributed by atoms with van der Waals surface area (Å²) in [5.41, 5.74) is 1.13. The van der Waals surface area contributed by atoms with Crippen molar-refractivity contribution in [3.8, 4) is 0 Å². The summed E-state index contributed by atoms with van der Waals surface area (Å²) in [6, 6.07) is 6.67.